The van der Waals surface area contributed by atoms with Crippen LogP contribution in [0.2, 0.25) is 5.02 Å². The highest BCUT2D eigenvalue weighted by Crippen LogP contribution is 2.26. The minimum Gasteiger partial charge on any atom is -0.352 e. The molecule has 1 aliphatic heterocycles. The summed E-state index contributed by atoms with van der Waals surface area (Å²) in [7, 11) is 0. The maximum absolute atomic E-state index is 12.7. The smallest absolute Gasteiger partial charge is 0.282 e. The Balaban J connectivity index is 1.58. The number of rotatable bonds is 5. The first-order valence-electron chi connectivity index (χ1n) is 9.00. The van der Waals surface area contributed by atoms with Gasteiger partial charge in [-0.15, -0.1) is 0 Å². The van der Waals surface area contributed by atoms with Gasteiger partial charge in [-0.25, -0.2) is 0 Å². The van der Waals surface area contributed by atoms with E-state index >= 15 is 0 Å². The number of benzene rings is 2. The lowest BCUT2D eigenvalue weighted by Crippen LogP contribution is -2.43. The van der Waals surface area contributed by atoms with E-state index in [2.05, 4.69) is 5.32 Å². The number of likely N-dealkylation sites (tertiary alicyclic amines) is 1. The van der Waals surface area contributed by atoms with Gasteiger partial charge in [0.2, 0.25) is 5.91 Å². The summed E-state index contributed by atoms with van der Waals surface area (Å²) in [6.45, 7) is 1.20. The molecular weight excluding hydrogens is 382 g/mol. The van der Waals surface area contributed by atoms with Crippen molar-refractivity contribution in [1.82, 2.24) is 10.2 Å². The van der Waals surface area contributed by atoms with Crippen molar-refractivity contribution in [1.29, 1.82) is 0 Å². The molecule has 7 nitrogen and oxygen atoms in total. The fourth-order valence-corrected chi connectivity index (χ4v) is 3.46. The van der Waals surface area contributed by atoms with Crippen LogP contribution in [0.3, 0.4) is 0 Å². The number of amides is 2. The maximum atomic E-state index is 12.7. The van der Waals surface area contributed by atoms with Crippen molar-refractivity contribution < 1.29 is 14.5 Å². The van der Waals surface area contributed by atoms with Gasteiger partial charge in [0, 0.05) is 36.6 Å². The van der Waals surface area contributed by atoms with Crippen LogP contribution in [0.25, 0.3) is 0 Å². The number of nitro benzene ring substituents is 1. The number of piperidine rings is 1. The third-order valence-electron chi connectivity index (χ3n) is 4.85. The Morgan fingerprint density at radius 2 is 1.82 bits per heavy atom. The summed E-state index contributed by atoms with van der Waals surface area (Å²) in [4.78, 5) is 37.3. The van der Waals surface area contributed by atoms with Crippen LogP contribution in [0, 0.1) is 16.0 Å². The van der Waals surface area contributed by atoms with Crippen LogP contribution in [0.5, 0.6) is 0 Å². The minimum atomic E-state index is -0.590. The number of hydrogen-bond donors (Lipinski definition) is 1. The van der Waals surface area contributed by atoms with Gasteiger partial charge in [0.1, 0.15) is 5.56 Å². The van der Waals surface area contributed by atoms with E-state index < -0.39 is 10.8 Å². The molecule has 2 aromatic carbocycles. The van der Waals surface area contributed by atoms with Crippen molar-refractivity contribution in [2.45, 2.75) is 19.4 Å². The van der Waals surface area contributed by atoms with Crippen LogP contribution in [-0.4, -0.2) is 34.7 Å². The Morgan fingerprint density at radius 1 is 1.14 bits per heavy atom. The van der Waals surface area contributed by atoms with Gasteiger partial charge in [-0.3, -0.25) is 19.7 Å². The second kappa shape index (κ2) is 8.84. The minimum absolute atomic E-state index is 0.0236. The van der Waals surface area contributed by atoms with Crippen LogP contribution in [0.15, 0.2) is 48.5 Å². The van der Waals surface area contributed by atoms with Crippen LogP contribution in [-0.2, 0) is 11.3 Å². The lowest BCUT2D eigenvalue weighted by atomic mass is 9.95. The number of carbonyl (C=O) groups excluding carboxylic acids is 2. The van der Waals surface area contributed by atoms with Crippen molar-refractivity contribution in [3.05, 3.63) is 74.8 Å². The standard InChI is InChI=1S/C20H20ClN3O4/c21-16-6-7-18(24(27)28)17(12-16)20(26)23-10-8-15(9-11-23)19(25)22-13-14-4-2-1-3-5-14/h1-7,12,15H,8-11,13H2,(H,22,25). The SMILES string of the molecule is O=C(NCc1ccccc1)C1CCN(C(=O)c2cc(Cl)ccc2[N+](=O)[O-])CC1. The molecule has 1 N–H and O–H groups in total. The van der Waals surface area contributed by atoms with E-state index in [1.807, 2.05) is 30.3 Å². The van der Waals surface area contributed by atoms with Crippen LogP contribution in [0.4, 0.5) is 5.69 Å². The maximum Gasteiger partial charge on any atom is 0.282 e. The normalized spacial score (nSPS) is 14.5. The molecule has 1 saturated heterocycles. The van der Waals surface area contributed by atoms with E-state index in [1.165, 1.54) is 18.2 Å². The highest BCUT2D eigenvalue weighted by atomic mass is 35.5. The molecular formula is C20H20ClN3O4. The Bertz CT molecular complexity index is 880. The van der Waals surface area contributed by atoms with Crippen molar-refractivity contribution in [2.24, 2.45) is 5.92 Å². The molecule has 0 bridgehead atoms. The zero-order chi connectivity index (χ0) is 20.1. The van der Waals surface area contributed by atoms with Gasteiger partial charge in [-0.2, -0.15) is 0 Å². The van der Waals surface area contributed by atoms with E-state index in [0.29, 0.717) is 32.5 Å². The van der Waals surface area contributed by atoms with Gasteiger partial charge in [-0.05, 0) is 30.5 Å². The predicted octanol–water partition coefficient (Wildman–Crippen LogP) is 3.42. The molecule has 0 aliphatic carbocycles. The number of halogens is 1. The molecule has 0 spiro atoms. The van der Waals surface area contributed by atoms with Crippen LogP contribution >= 0.6 is 11.6 Å². The summed E-state index contributed by atoms with van der Waals surface area (Å²) < 4.78 is 0. The number of nitrogens with one attached hydrogen (secondary N) is 1. The lowest BCUT2D eigenvalue weighted by Gasteiger charge is -2.31. The monoisotopic (exact) mass is 401 g/mol. The van der Waals surface area contributed by atoms with Gasteiger partial charge in [0.05, 0.1) is 4.92 Å². The summed E-state index contributed by atoms with van der Waals surface area (Å²) >= 11 is 5.91. The molecule has 0 radical (unpaired) electrons. The first kappa shape index (κ1) is 19.8. The summed E-state index contributed by atoms with van der Waals surface area (Å²) in [6.07, 6.45) is 1.03. The van der Waals surface area contributed by atoms with Gasteiger partial charge in [0.15, 0.2) is 0 Å². The fourth-order valence-electron chi connectivity index (χ4n) is 3.28. The van der Waals surface area contributed by atoms with Gasteiger partial charge < -0.3 is 10.2 Å². The molecule has 2 amide bonds. The molecule has 3 rings (SSSR count). The molecule has 1 fully saturated rings. The van der Waals surface area contributed by atoms with Crippen molar-refractivity contribution >= 4 is 29.1 Å². The Morgan fingerprint density at radius 3 is 2.46 bits per heavy atom. The summed E-state index contributed by atoms with van der Waals surface area (Å²) in [5.74, 6) is -0.649. The van der Waals surface area contributed by atoms with Gasteiger partial charge in [-0.1, -0.05) is 41.9 Å². The van der Waals surface area contributed by atoms with Gasteiger partial charge in [0.25, 0.3) is 11.6 Å². The topological polar surface area (TPSA) is 92.6 Å². The molecule has 28 heavy (non-hydrogen) atoms. The van der Waals surface area contributed by atoms with E-state index in [-0.39, 0.29) is 28.1 Å². The van der Waals surface area contributed by atoms with Crippen LogP contribution < -0.4 is 5.32 Å². The summed E-state index contributed by atoms with van der Waals surface area (Å²) in [6, 6.07) is 13.6. The van der Waals surface area contributed by atoms with E-state index in [4.69, 9.17) is 11.6 Å². The van der Waals surface area contributed by atoms with Crippen LogP contribution in [0.1, 0.15) is 28.8 Å². The highest BCUT2D eigenvalue weighted by molar-refractivity contribution is 6.31. The summed E-state index contributed by atoms with van der Waals surface area (Å²) in [5.41, 5.74) is 0.735. The van der Waals surface area contributed by atoms with Crippen molar-refractivity contribution in [3.63, 3.8) is 0 Å². The number of nitrogens with zero attached hydrogens (tertiary/aromatic N) is 2. The van der Waals surface area contributed by atoms with Gasteiger partial charge >= 0.3 is 0 Å². The molecule has 0 atom stereocenters. The third-order valence-corrected chi connectivity index (χ3v) is 5.08. The average Bonchev–Trinajstić information content (AvgIpc) is 2.72. The second-order valence-corrected chi connectivity index (χ2v) is 7.12. The quantitative estimate of drug-likeness (QED) is 0.613. The number of nitro groups is 1. The van der Waals surface area contributed by atoms with E-state index in [0.717, 1.165) is 5.56 Å². The molecule has 8 heteroatoms. The fraction of sp³-hybridized carbons (Fsp3) is 0.300. The molecule has 1 heterocycles. The van der Waals surface area contributed by atoms with Crippen molar-refractivity contribution in [3.8, 4) is 0 Å². The molecule has 0 aromatic heterocycles. The lowest BCUT2D eigenvalue weighted by molar-refractivity contribution is -0.385. The highest BCUT2D eigenvalue weighted by Gasteiger charge is 2.30. The predicted molar refractivity (Wildman–Crippen MR) is 105 cm³/mol. The number of carbonyl (C=O) groups is 2. The number of hydrogen-bond acceptors (Lipinski definition) is 4. The second-order valence-electron chi connectivity index (χ2n) is 6.69. The largest absolute Gasteiger partial charge is 0.352 e. The van der Waals surface area contributed by atoms with E-state index in [1.54, 1.807) is 4.90 Å². The zero-order valence-corrected chi connectivity index (χ0v) is 15.9. The zero-order valence-electron chi connectivity index (χ0n) is 15.1. The molecule has 1 aliphatic rings. The molecule has 0 unspecified atom stereocenters. The summed E-state index contributed by atoms with van der Waals surface area (Å²) in [5, 5.41) is 14.4. The average molecular weight is 402 g/mol. The van der Waals surface area contributed by atoms with E-state index in [9.17, 15) is 19.7 Å². The Hall–Kier alpha value is -2.93. The first-order chi connectivity index (χ1) is 13.5. The third kappa shape index (κ3) is 4.67. The van der Waals surface area contributed by atoms with Crippen molar-refractivity contribution in [2.75, 3.05) is 13.1 Å². The Labute approximate surface area is 167 Å². The molecule has 146 valence electrons. The Kier molecular flexibility index (Phi) is 6.26. The molecule has 2 aromatic rings. The first-order valence-corrected chi connectivity index (χ1v) is 9.38. The molecule has 0 saturated carbocycles.